The van der Waals surface area contributed by atoms with Crippen LogP contribution in [0.1, 0.15) is 25.7 Å². The molecule has 6 nitrogen and oxygen atoms in total. The fourth-order valence-electron chi connectivity index (χ4n) is 2.23. The molecule has 0 aromatic carbocycles. The number of aliphatic hydroxyl groups excluding tert-OH is 1. The van der Waals surface area contributed by atoms with Gasteiger partial charge < -0.3 is 26.0 Å². The van der Waals surface area contributed by atoms with Crippen molar-refractivity contribution in [1.82, 2.24) is 0 Å². The quantitative estimate of drug-likeness (QED) is 0.387. The molecule has 0 bridgehead atoms. The van der Waals surface area contributed by atoms with Crippen LogP contribution < -0.4 is 5.73 Å². The molecule has 0 amide bonds. The van der Waals surface area contributed by atoms with E-state index in [-0.39, 0.29) is 18.7 Å². The molecule has 1 fully saturated rings. The van der Waals surface area contributed by atoms with Crippen LogP contribution in [0, 0.1) is 5.92 Å². The van der Waals surface area contributed by atoms with Gasteiger partial charge in [0.15, 0.2) is 0 Å². The molecule has 1 aliphatic rings. The molecule has 16 heavy (non-hydrogen) atoms. The smallest absolute Gasteiger partial charge is 0.451 e. The molecule has 0 spiro atoms. The number of hydrogen-bond acceptors (Lipinski definition) is 5. The number of aliphatic carboxylic acids is 1. The second-order valence-corrected chi connectivity index (χ2v) is 4.57. The van der Waals surface area contributed by atoms with Crippen molar-refractivity contribution in [1.29, 1.82) is 0 Å². The third-order valence-electron chi connectivity index (χ3n) is 3.30. The second-order valence-electron chi connectivity index (χ2n) is 4.57. The normalized spacial score (nSPS) is 34.8. The lowest BCUT2D eigenvalue weighted by atomic mass is 9.70. The summed E-state index contributed by atoms with van der Waals surface area (Å²) in [5.41, 5.74) is 4.07. The van der Waals surface area contributed by atoms with Gasteiger partial charge in [-0.2, -0.15) is 0 Å². The molecule has 3 atom stereocenters. The highest BCUT2D eigenvalue weighted by atomic mass is 16.4. The maximum atomic E-state index is 11.0. The standard InChI is InChI=1S/C9H18BNO5/c11-9(8(13)14)5-6(1-2-7(9)12)3-4-10(15)16/h6-7,12,15-16H,1-5,11H2,(H,13,14). The van der Waals surface area contributed by atoms with Crippen molar-refractivity contribution in [2.75, 3.05) is 0 Å². The zero-order valence-electron chi connectivity index (χ0n) is 9.04. The van der Waals surface area contributed by atoms with Crippen LogP contribution in [-0.4, -0.2) is 45.0 Å². The minimum absolute atomic E-state index is 0.0197. The summed E-state index contributed by atoms with van der Waals surface area (Å²) < 4.78 is 0. The highest BCUT2D eigenvalue weighted by molar-refractivity contribution is 6.40. The van der Waals surface area contributed by atoms with Gasteiger partial charge in [0.2, 0.25) is 0 Å². The van der Waals surface area contributed by atoms with E-state index in [1.165, 1.54) is 0 Å². The van der Waals surface area contributed by atoms with Gasteiger partial charge in [0, 0.05) is 0 Å². The Morgan fingerprint density at radius 1 is 1.44 bits per heavy atom. The first-order valence-electron chi connectivity index (χ1n) is 5.42. The molecule has 0 heterocycles. The van der Waals surface area contributed by atoms with Crippen LogP contribution in [0.3, 0.4) is 0 Å². The molecule has 6 N–H and O–H groups in total. The molecule has 0 aromatic rings. The number of carboxylic acids is 1. The molecule has 0 saturated heterocycles. The second kappa shape index (κ2) is 5.14. The predicted octanol–water partition coefficient (Wildman–Crippen LogP) is -1.21. The van der Waals surface area contributed by atoms with Crippen LogP contribution in [0.15, 0.2) is 0 Å². The topological polar surface area (TPSA) is 124 Å². The van der Waals surface area contributed by atoms with Gasteiger partial charge in [-0.05, 0) is 31.5 Å². The molecule has 1 aliphatic carbocycles. The van der Waals surface area contributed by atoms with Crippen LogP contribution in [0.2, 0.25) is 6.32 Å². The van der Waals surface area contributed by atoms with Crippen molar-refractivity contribution in [3.63, 3.8) is 0 Å². The van der Waals surface area contributed by atoms with E-state index < -0.39 is 24.7 Å². The number of nitrogens with two attached hydrogens (primary N) is 1. The molecule has 1 saturated carbocycles. The average Bonchev–Trinajstić information content (AvgIpc) is 2.19. The molecule has 0 aliphatic heterocycles. The summed E-state index contributed by atoms with van der Waals surface area (Å²) in [5, 5.41) is 36.0. The van der Waals surface area contributed by atoms with Crippen LogP contribution >= 0.6 is 0 Å². The highest BCUT2D eigenvalue weighted by Gasteiger charge is 2.46. The van der Waals surface area contributed by atoms with Gasteiger partial charge in [-0.3, -0.25) is 4.79 Å². The van der Waals surface area contributed by atoms with E-state index in [0.717, 1.165) is 0 Å². The Balaban J connectivity index is 2.57. The number of aliphatic hydroxyl groups is 1. The van der Waals surface area contributed by atoms with E-state index in [1.54, 1.807) is 0 Å². The Bertz CT molecular complexity index is 262. The van der Waals surface area contributed by atoms with Gasteiger partial charge in [-0.25, -0.2) is 0 Å². The fourth-order valence-corrected chi connectivity index (χ4v) is 2.23. The van der Waals surface area contributed by atoms with E-state index in [9.17, 15) is 9.90 Å². The lowest BCUT2D eigenvalue weighted by Crippen LogP contribution is -2.60. The fraction of sp³-hybridized carbons (Fsp3) is 0.889. The minimum Gasteiger partial charge on any atom is -0.480 e. The first-order valence-corrected chi connectivity index (χ1v) is 5.42. The monoisotopic (exact) mass is 231 g/mol. The van der Waals surface area contributed by atoms with Crippen molar-refractivity contribution in [2.24, 2.45) is 11.7 Å². The summed E-state index contributed by atoms with van der Waals surface area (Å²) in [5.74, 6) is -1.18. The number of carbonyl (C=O) groups is 1. The first kappa shape index (κ1) is 13.4. The lowest BCUT2D eigenvalue weighted by molar-refractivity contribution is -0.151. The Kier molecular flexibility index (Phi) is 4.31. The van der Waals surface area contributed by atoms with Gasteiger partial charge in [0.1, 0.15) is 5.54 Å². The van der Waals surface area contributed by atoms with Gasteiger partial charge in [0.25, 0.3) is 0 Å². The average molecular weight is 231 g/mol. The van der Waals surface area contributed by atoms with E-state index in [1.807, 2.05) is 0 Å². The van der Waals surface area contributed by atoms with Gasteiger partial charge in [-0.15, -0.1) is 0 Å². The molecule has 0 aromatic heterocycles. The summed E-state index contributed by atoms with van der Waals surface area (Å²) in [6.45, 7) is 0. The van der Waals surface area contributed by atoms with Crippen molar-refractivity contribution < 1.29 is 25.1 Å². The number of rotatable bonds is 4. The Hall–Kier alpha value is -0.625. The molecule has 92 valence electrons. The van der Waals surface area contributed by atoms with Crippen molar-refractivity contribution in [2.45, 2.75) is 43.6 Å². The summed E-state index contributed by atoms with van der Waals surface area (Å²) in [4.78, 5) is 11.0. The van der Waals surface area contributed by atoms with Gasteiger partial charge in [0.05, 0.1) is 6.10 Å². The third-order valence-corrected chi connectivity index (χ3v) is 3.30. The maximum absolute atomic E-state index is 11.0. The van der Waals surface area contributed by atoms with Crippen LogP contribution in [-0.2, 0) is 4.79 Å². The Morgan fingerprint density at radius 3 is 2.56 bits per heavy atom. The predicted molar refractivity (Wildman–Crippen MR) is 57.5 cm³/mol. The first-order chi connectivity index (χ1) is 7.36. The summed E-state index contributed by atoms with van der Waals surface area (Å²) in [7, 11) is -1.37. The SMILES string of the molecule is NC1(C(=O)O)CC(CCB(O)O)CCC1O. The Labute approximate surface area is 94.2 Å². The molecule has 7 heteroatoms. The molecular weight excluding hydrogens is 213 g/mol. The van der Waals surface area contributed by atoms with Crippen molar-refractivity contribution >= 4 is 13.1 Å². The van der Waals surface area contributed by atoms with E-state index in [2.05, 4.69) is 0 Å². The maximum Gasteiger partial charge on any atom is 0.451 e. The third kappa shape index (κ3) is 2.94. The largest absolute Gasteiger partial charge is 0.480 e. The lowest BCUT2D eigenvalue weighted by Gasteiger charge is -2.38. The molecular formula is C9H18BNO5. The van der Waals surface area contributed by atoms with Crippen LogP contribution in [0.4, 0.5) is 0 Å². The minimum atomic E-state index is -1.59. The van der Waals surface area contributed by atoms with Crippen LogP contribution in [0.25, 0.3) is 0 Å². The molecule has 3 unspecified atom stereocenters. The van der Waals surface area contributed by atoms with Gasteiger partial charge >= 0.3 is 13.1 Å². The summed E-state index contributed by atoms with van der Waals surface area (Å²) in [6.07, 6.45) is 0.874. The van der Waals surface area contributed by atoms with Gasteiger partial charge in [-0.1, -0.05) is 6.42 Å². The van der Waals surface area contributed by atoms with Crippen LogP contribution in [0.5, 0.6) is 0 Å². The van der Waals surface area contributed by atoms with Crippen molar-refractivity contribution in [3.8, 4) is 0 Å². The zero-order valence-corrected chi connectivity index (χ0v) is 9.04. The zero-order chi connectivity index (χ0) is 12.3. The molecule has 0 radical (unpaired) electrons. The summed E-state index contributed by atoms with van der Waals surface area (Å²) >= 11 is 0. The number of carboxylic acid groups (broad SMARTS) is 1. The van der Waals surface area contributed by atoms with E-state index in [0.29, 0.717) is 19.3 Å². The molecule has 1 rings (SSSR count). The highest BCUT2D eigenvalue weighted by Crippen LogP contribution is 2.34. The van der Waals surface area contributed by atoms with Crippen molar-refractivity contribution in [3.05, 3.63) is 0 Å². The number of hydrogen-bond donors (Lipinski definition) is 5. The van der Waals surface area contributed by atoms with E-state index in [4.69, 9.17) is 20.9 Å². The Morgan fingerprint density at radius 2 is 2.06 bits per heavy atom. The van der Waals surface area contributed by atoms with E-state index >= 15 is 0 Å². The summed E-state index contributed by atoms with van der Waals surface area (Å²) in [6, 6.07) is 0.